The van der Waals surface area contributed by atoms with E-state index in [1.807, 2.05) is 23.6 Å². The third kappa shape index (κ3) is 3.91. The van der Waals surface area contributed by atoms with E-state index in [0.717, 1.165) is 11.1 Å². The molecule has 0 saturated heterocycles. The van der Waals surface area contributed by atoms with Crippen molar-refractivity contribution in [3.05, 3.63) is 51.3 Å². The fourth-order valence-corrected chi connectivity index (χ4v) is 3.59. The lowest BCUT2D eigenvalue weighted by molar-refractivity contribution is -0.155. The number of esters is 1. The van der Waals surface area contributed by atoms with Crippen LogP contribution in [-0.2, 0) is 16.1 Å². The van der Waals surface area contributed by atoms with Crippen LogP contribution in [0.2, 0.25) is 5.02 Å². The largest absolute Gasteiger partial charge is 0.459 e. The molecule has 5 nitrogen and oxygen atoms in total. The average molecular weight is 377 g/mol. The lowest BCUT2D eigenvalue weighted by Crippen LogP contribution is -2.30. The zero-order valence-corrected chi connectivity index (χ0v) is 15.6. The van der Waals surface area contributed by atoms with Crippen LogP contribution in [0.1, 0.15) is 20.8 Å². The SMILES string of the molecule is CC(C)(C)OC(=O)Cn1cnc2c(-c3cccc(Cl)c3)csc2c1=O. The standard InChI is InChI=1S/C18H17ClN2O3S/c1-18(2,3)24-14(22)8-21-10-20-15-13(9-25-16(15)17(21)23)11-5-4-6-12(19)7-11/h4-7,9-10H,8H2,1-3H3. The molecule has 25 heavy (non-hydrogen) atoms. The van der Waals surface area contributed by atoms with Crippen molar-refractivity contribution in [2.45, 2.75) is 32.9 Å². The van der Waals surface area contributed by atoms with Gasteiger partial charge in [0.1, 0.15) is 16.8 Å². The maximum absolute atomic E-state index is 12.6. The van der Waals surface area contributed by atoms with Gasteiger partial charge in [0.15, 0.2) is 0 Å². The van der Waals surface area contributed by atoms with E-state index in [-0.39, 0.29) is 12.1 Å². The number of carbonyl (C=O) groups is 1. The van der Waals surface area contributed by atoms with Crippen molar-refractivity contribution in [1.29, 1.82) is 0 Å². The second-order valence-electron chi connectivity index (χ2n) is 6.60. The Balaban J connectivity index is 1.97. The van der Waals surface area contributed by atoms with E-state index in [4.69, 9.17) is 16.3 Å². The highest BCUT2D eigenvalue weighted by Crippen LogP contribution is 2.31. The average Bonchev–Trinajstić information content (AvgIpc) is 2.93. The number of halogens is 1. The Morgan fingerprint density at radius 3 is 2.80 bits per heavy atom. The van der Waals surface area contributed by atoms with Crippen LogP contribution >= 0.6 is 22.9 Å². The topological polar surface area (TPSA) is 61.2 Å². The van der Waals surface area contributed by atoms with Crippen LogP contribution in [0.25, 0.3) is 21.3 Å². The van der Waals surface area contributed by atoms with Gasteiger partial charge in [-0.15, -0.1) is 11.3 Å². The highest BCUT2D eigenvalue weighted by Gasteiger charge is 2.18. The summed E-state index contributed by atoms with van der Waals surface area (Å²) in [6.45, 7) is 5.19. The number of hydrogen-bond donors (Lipinski definition) is 0. The summed E-state index contributed by atoms with van der Waals surface area (Å²) in [6, 6.07) is 7.39. The van der Waals surface area contributed by atoms with Gasteiger partial charge in [-0.25, -0.2) is 4.98 Å². The van der Waals surface area contributed by atoms with Crippen molar-refractivity contribution in [3.63, 3.8) is 0 Å². The minimum atomic E-state index is -0.596. The van der Waals surface area contributed by atoms with Crippen LogP contribution in [-0.4, -0.2) is 21.1 Å². The van der Waals surface area contributed by atoms with Gasteiger partial charge in [-0.05, 0) is 38.5 Å². The second-order valence-corrected chi connectivity index (χ2v) is 7.92. The smallest absolute Gasteiger partial charge is 0.326 e. The van der Waals surface area contributed by atoms with Gasteiger partial charge in [-0.2, -0.15) is 0 Å². The maximum atomic E-state index is 12.6. The van der Waals surface area contributed by atoms with Gasteiger partial charge < -0.3 is 4.74 Å². The predicted octanol–water partition coefficient (Wildman–Crippen LogP) is 4.12. The van der Waals surface area contributed by atoms with E-state index < -0.39 is 11.6 Å². The van der Waals surface area contributed by atoms with Crippen molar-refractivity contribution in [2.75, 3.05) is 0 Å². The summed E-state index contributed by atoms with van der Waals surface area (Å²) in [5.74, 6) is -0.470. The molecule has 0 unspecified atom stereocenters. The van der Waals surface area contributed by atoms with Gasteiger partial charge in [0.05, 0.1) is 11.8 Å². The molecule has 0 fully saturated rings. The number of benzene rings is 1. The molecule has 0 saturated carbocycles. The Morgan fingerprint density at radius 1 is 1.36 bits per heavy atom. The molecule has 7 heteroatoms. The number of rotatable bonds is 3. The molecule has 0 atom stereocenters. The van der Waals surface area contributed by atoms with Crippen LogP contribution < -0.4 is 5.56 Å². The zero-order valence-electron chi connectivity index (χ0n) is 14.1. The van der Waals surface area contributed by atoms with E-state index in [0.29, 0.717) is 15.2 Å². The number of hydrogen-bond acceptors (Lipinski definition) is 5. The first-order valence-corrected chi connectivity index (χ1v) is 8.95. The molecule has 0 radical (unpaired) electrons. The molecule has 0 aliphatic carbocycles. The van der Waals surface area contributed by atoms with E-state index in [9.17, 15) is 9.59 Å². The van der Waals surface area contributed by atoms with Gasteiger partial charge in [0.25, 0.3) is 5.56 Å². The molecule has 3 aromatic rings. The number of carbonyl (C=O) groups excluding carboxylic acids is 1. The molecule has 0 aliphatic rings. The van der Waals surface area contributed by atoms with E-state index in [1.54, 1.807) is 26.8 Å². The summed E-state index contributed by atoms with van der Waals surface area (Å²) < 4.78 is 7.03. The van der Waals surface area contributed by atoms with Gasteiger partial charge in [0.2, 0.25) is 0 Å². The van der Waals surface area contributed by atoms with Gasteiger partial charge in [0, 0.05) is 16.0 Å². The van der Waals surface area contributed by atoms with Crippen LogP contribution in [0.15, 0.2) is 40.8 Å². The van der Waals surface area contributed by atoms with Crippen LogP contribution in [0, 0.1) is 0 Å². The van der Waals surface area contributed by atoms with Crippen molar-refractivity contribution < 1.29 is 9.53 Å². The van der Waals surface area contributed by atoms with Crippen LogP contribution in [0.5, 0.6) is 0 Å². The third-order valence-corrected chi connectivity index (χ3v) is 4.59. The van der Waals surface area contributed by atoms with Gasteiger partial charge >= 0.3 is 5.97 Å². The zero-order chi connectivity index (χ0) is 18.2. The van der Waals surface area contributed by atoms with E-state index in [2.05, 4.69) is 4.98 Å². The van der Waals surface area contributed by atoms with Crippen molar-refractivity contribution >= 4 is 39.1 Å². The lowest BCUT2D eigenvalue weighted by atomic mass is 10.1. The molecule has 130 valence electrons. The first-order valence-electron chi connectivity index (χ1n) is 7.69. The highest BCUT2D eigenvalue weighted by atomic mass is 35.5. The summed E-state index contributed by atoms with van der Waals surface area (Å²) in [7, 11) is 0. The summed E-state index contributed by atoms with van der Waals surface area (Å²) in [6.07, 6.45) is 1.38. The van der Waals surface area contributed by atoms with E-state index >= 15 is 0 Å². The molecule has 0 bridgehead atoms. The second kappa shape index (κ2) is 6.61. The minimum Gasteiger partial charge on any atom is -0.459 e. The number of thiophene rings is 1. The quantitative estimate of drug-likeness (QED) is 0.645. The molecule has 1 aromatic carbocycles. The molecular formula is C18H17ClN2O3S. The number of fused-ring (bicyclic) bond motifs is 1. The summed E-state index contributed by atoms with van der Waals surface area (Å²) in [5, 5.41) is 2.50. The third-order valence-electron chi connectivity index (χ3n) is 3.40. The summed E-state index contributed by atoms with van der Waals surface area (Å²) in [4.78, 5) is 29.0. The fourth-order valence-electron chi connectivity index (χ4n) is 2.43. The molecule has 0 spiro atoms. The number of aromatic nitrogens is 2. The Kier molecular flexibility index (Phi) is 4.67. The predicted molar refractivity (Wildman–Crippen MR) is 100 cm³/mol. The Labute approximate surface area is 153 Å². The molecular weight excluding hydrogens is 360 g/mol. The monoisotopic (exact) mass is 376 g/mol. The molecule has 0 amide bonds. The highest BCUT2D eigenvalue weighted by molar-refractivity contribution is 7.17. The minimum absolute atomic E-state index is 0.163. The van der Waals surface area contributed by atoms with E-state index in [1.165, 1.54) is 22.2 Å². The first kappa shape index (κ1) is 17.6. The molecule has 0 aliphatic heterocycles. The molecule has 2 heterocycles. The Bertz CT molecular complexity index is 1000. The van der Waals surface area contributed by atoms with Crippen LogP contribution in [0.4, 0.5) is 0 Å². The number of ether oxygens (including phenoxy) is 1. The van der Waals surface area contributed by atoms with Gasteiger partial charge in [-0.3, -0.25) is 14.2 Å². The summed E-state index contributed by atoms with van der Waals surface area (Å²) in [5.41, 5.74) is 1.51. The Hall–Kier alpha value is -2.18. The first-order chi connectivity index (χ1) is 11.7. The number of nitrogens with zero attached hydrogens (tertiary/aromatic N) is 2. The van der Waals surface area contributed by atoms with Crippen LogP contribution in [0.3, 0.4) is 0 Å². The van der Waals surface area contributed by atoms with Crippen molar-refractivity contribution in [2.24, 2.45) is 0 Å². The van der Waals surface area contributed by atoms with Crippen molar-refractivity contribution in [3.8, 4) is 11.1 Å². The normalized spacial score (nSPS) is 11.7. The van der Waals surface area contributed by atoms with Crippen molar-refractivity contribution in [1.82, 2.24) is 9.55 Å². The lowest BCUT2D eigenvalue weighted by Gasteiger charge is -2.19. The fraction of sp³-hybridized carbons (Fsp3) is 0.278. The summed E-state index contributed by atoms with van der Waals surface area (Å²) >= 11 is 7.35. The molecule has 0 N–H and O–H groups in total. The molecule has 2 aromatic heterocycles. The Morgan fingerprint density at radius 2 is 2.12 bits per heavy atom. The van der Waals surface area contributed by atoms with Gasteiger partial charge in [-0.1, -0.05) is 23.7 Å². The molecule has 3 rings (SSSR count). The maximum Gasteiger partial charge on any atom is 0.326 e.